The van der Waals surface area contributed by atoms with Crippen LogP contribution in [0.1, 0.15) is 12.0 Å². The second-order valence-corrected chi connectivity index (χ2v) is 7.80. The van der Waals surface area contributed by atoms with Gasteiger partial charge in [0.1, 0.15) is 15.6 Å². The van der Waals surface area contributed by atoms with Crippen LogP contribution in [0.3, 0.4) is 0 Å². The Balaban J connectivity index is 2.01. The molecule has 0 unspecified atom stereocenters. The van der Waals surface area contributed by atoms with E-state index in [9.17, 15) is 8.42 Å². The van der Waals surface area contributed by atoms with Gasteiger partial charge < -0.3 is 15.0 Å². The van der Waals surface area contributed by atoms with E-state index in [-0.39, 0.29) is 5.75 Å². The maximum absolute atomic E-state index is 11.1. The quantitative estimate of drug-likeness (QED) is 0.800. The normalized spacial score (nSPS) is 16.0. The Labute approximate surface area is 127 Å². The fourth-order valence-electron chi connectivity index (χ4n) is 2.41. The summed E-state index contributed by atoms with van der Waals surface area (Å²) in [5.41, 5.74) is 2.31. The number of sulfone groups is 1. The van der Waals surface area contributed by atoms with Crippen LogP contribution in [-0.4, -0.2) is 53.2 Å². The summed E-state index contributed by atoms with van der Waals surface area (Å²) in [6.45, 7) is 6.36. The van der Waals surface area contributed by atoms with Crippen molar-refractivity contribution in [2.24, 2.45) is 0 Å². The van der Waals surface area contributed by atoms with Crippen molar-refractivity contribution in [3.05, 3.63) is 23.8 Å². The van der Waals surface area contributed by atoms with Crippen LogP contribution < -0.4 is 15.0 Å². The number of benzene rings is 1. The molecule has 1 heterocycles. The Morgan fingerprint density at radius 3 is 2.67 bits per heavy atom. The Morgan fingerprint density at radius 1 is 1.29 bits per heavy atom. The topological polar surface area (TPSA) is 58.6 Å². The first-order valence-electron chi connectivity index (χ1n) is 7.32. The van der Waals surface area contributed by atoms with Gasteiger partial charge in [-0.1, -0.05) is 6.07 Å². The summed E-state index contributed by atoms with van der Waals surface area (Å²) in [5, 5.41) is 3.34. The Bertz CT molecular complexity index is 566. The van der Waals surface area contributed by atoms with Gasteiger partial charge >= 0.3 is 0 Å². The summed E-state index contributed by atoms with van der Waals surface area (Å²) >= 11 is 0. The van der Waals surface area contributed by atoms with Crippen LogP contribution in [0, 0.1) is 6.92 Å². The number of nitrogens with one attached hydrogen (secondary N) is 1. The van der Waals surface area contributed by atoms with Crippen molar-refractivity contribution in [3.8, 4) is 5.75 Å². The zero-order chi connectivity index (χ0) is 15.3. The lowest BCUT2D eigenvalue weighted by Crippen LogP contribution is -2.43. The lowest BCUT2D eigenvalue weighted by molar-refractivity contribution is 0.317. The number of rotatable bonds is 6. The van der Waals surface area contributed by atoms with Crippen molar-refractivity contribution in [1.29, 1.82) is 0 Å². The monoisotopic (exact) mass is 312 g/mol. The minimum Gasteiger partial charge on any atom is -0.491 e. The van der Waals surface area contributed by atoms with Crippen LogP contribution in [0.15, 0.2) is 18.2 Å². The molecule has 0 spiro atoms. The van der Waals surface area contributed by atoms with E-state index in [2.05, 4.69) is 23.2 Å². The van der Waals surface area contributed by atoms with Gasteiger partial charge in [0, 0.05) is 32.4 Å². The lowest BCUT2D eigenvalue weighted by atomic mass is 10.1. The Hall–Kier alpha value is -1.27. The molecule has 1 aliphatic rings. The van der Waals surface area contributed by atoms with E-state index in [0.717, 1.165) is 37.6 Å². The fraction of sp³-hybridized carbons (Fsp3) is 0.600. The number of hydrogen-bond donors (Lipinski definition) is 1. The van der Waals surface area contributed by atoms with Crippen molar-refractivity contribution in [1.82, 2.24) is 5.32 Å². The first-order chi connectivity index (χ1) is 9.96. The molecule has 0 atom stereocenters. The van der Waals surface area contributed by atoms with E-state index < -0.39 is 9.84 Å². The summed E-state index contributed by atoms with van der Waals surface area (Å²) < 4.78 is 28.1. The molecular formula is C15H24N2O3S. The van der Waals surface area contributed by atoms with E-state index in [1.54, 1.807) is 0 Å². The Kier molecular flexibility index (Phi) is 5.47. The summed E-state index contributed by atoms with van der Waals surface area (Å²) in [7, 11) is -2.91. The van der Waals surface area contributed by atoms with E-state index in [1.165, 1.54) is 11.8 Å². The number of piperazine rings is 1. The van der Waals surface area contributed by atoms with Gasteiger partial charge in [-0.25, -0.2) is 8.42 Å². The predicted octanol–water partition coefficient (Wildman–Crippen LogP) is 1.22. The molecule has 1 fully saturated rings. The first-order valence-corrected chi connectivity index (χ1v) is 9.38. The molecule has 0 aliphatic carbocycles. The predicted molar refractivity (Wildman–Crippen MR) is 86.1 cm³/mol. The maximum Gasteiger partial charge on any atom is 0.147 e. The molecule has 1 N–H and O–H groups in total. The molecule has 1 aliphatic heterocycles. The molecule has 0 aromatic heterocycles. The highest BCUT2D eigenvalue weighted by atomic mass is 32.2. The van der Waals surface area contributed by atoms with Gasteiger partial charge in [0.15, 0.2) is 0 Å². The van der Waals surface area contributed by atoms with Gasteiger partial charge in [0.25, 0.3) is 0 Å². The molecule has 6 heteroatoms. The van der Waals surface area contributed by atoms with Crippen LogP contribution in [0.5, 0.6) is 5.75 Å². The lowest BCUT2D eigenvalue weighted by Gasteiger charge is -2.31. The van der Waals surface area contributed by atoms with E-state index in [1.807, 2.05) is 12.1 Å². The first kappa shape index (κ1) is 16.1. The molecule has 5 nitrogen and oxygen atoms in total. The largest absolute Gasteiger partial charge is 0.491 e. The van der Waals surface area contributed by atoms with Gasteiger partial charge in [-0.2, -0.15) is 0 Å². The van der Waals surface area contributed by atoms with Crippen molar-refractivity contribution in [3.63, 3.8) is 0 Å². The molecule has 1 aromatic carbocycles. The van der Waals surface area contributed by atoms with Crippen LogP contribution in [-0.2, 0) is 9.84 Å². The highest BCUT2D eigenvalue weighted by Crippen LogP contribution is 2.30. The van der Waals surface area contributed by atoms with E-state index in [0.29, 0.717) is 13.0 Å². The number of anilines is 1. The minimum absolute atomic E-state index is 0.168. The summed E-state index contributed by atoms with van der Waals surface area (Å²) in [4.78, 5) is 2.31. The molecule has 0 radical (unpaired) electrons. The molecule has 118 valence electrons. The van der Waals surface area contributed by atoms with E-state index in [4.69, 9.17) is 4.74 Å². The molecule has 1 saturated heterocycles. The molecule has 2 rings (SSSR count). The summed E-state index contributed by atoms with van der Waals surface area (Å²) in [5.74, 6) is 1.01. The van der Waals surface area contributed by atoms with E-state index >= 15 is 0 Å². The molecule has 0 bridgehead atoms. The van der Waals surface area contributed by atoms with Gasteiger partial charge in [0.05, 0.1) is 18.0 Å². The highest BCUT2D eigenvalue weighted by Gasteiger charge is 2.15. The molecule has 0 saturated carbocycles. The zero-order valence-corrected chi connectivity index (χ0v) is 13.6. The third-order valence-corrected chi connectivity index (χ3v) is 4.52. The Morgan fingerprint density at radius 2 is 2.00 bits per heavy atom. The third kappa shape index (κ3) is 5.21. The number of hydrogen-bond acceptors (Lipinski definition) is 5. The standard InChI is InChI=1S/C15H24N2O3S/c1-13-4-5-15(20-10-3-11-21(2,18)19)14(12-13)17-8-6-16-7-9-17/h4-5,12,16H,3,6-11H2,1-2H3. The zero-order valence-electron chi connectivity index (χ0n) is 12.8. The van der Waals surface area contributed by atoms with Crippen LogP contribution in [0.2, 0.25) is 0 Å². The van der Waals surface area contributed by atoms with Crippen molar-refractivity contribution >= 4 is 15.5 Å². The smallest absolute Gasteiger partial charge is 0.147 e. The third-order valence-electron chi connectivity index (χ3n) is 3.49. The number of ether oxygens (including phenoxy) is 1. The molecule has 21 heavy (non-hydrogen) atoms. The minimum atomic E-state index is -2.91. The van der Waals surface area contributed by atoms with Gasteiger partial charge in [-0.15, -0.1) is 0 Å². The van der Waals surface area contributed by atoms with Crippen LogP contribution in [0.25, 0.3) is 0 Å². The van der Waals surface area contributed by atoms with Gasteiger partial charge in [0.2, 0.25) is 0 Å². The van der Waals surface area contributed by atoms with Crippen LogP contribution >= 0.6 is 0 Å². The SMILES string of the molecule is Cc1ccc(OCCCS(C)(=O)=O)c(N2CCNCC2)c1. The van der Waals surface area contributed by atoms with Crippen molar-refractivity contribution < 1.29 is 13.2 Å². The van der Waals surface area contributed by atoms with Gasteiger partial charge in [-0.05, 0) is 31.0 Å². The van der Waals surface area contributed by atoms with Gasteiger partial charge in [-0.3, -0.25) is 0 Å². The average Bonchev–Trinajstić information content (AvgIpc) is 2.45. The fourth-order valence-corrected chi connectivity index (χ4v) is 3.05. The second-order valence-electron chi connectivity index (χ2n) is 5.54. The van der Waals surface area contributed by atoms with Crippen molar-refractivity contribution in [2.75, 3.05) is 49.7 Å². The highest BCUT2D eigenvalue weighted by molar-refractivity contribution is 7.90. The maximum atomic E-state index is 11.1. The molecular weight excluding hydrogens is 288 g/mol. The second kappa shape index (κ2) is 7.13. The number of nitrogens with zero attached hydrogens (tertiary/aromatic N) is 1. The molecule has 0 amide bonds. The average molecular weight is 312 g/mol. The van der Waals surface area contributed by atoms with Crippen molar-refractivity contribution in [2.45, 2.75) is 13.3 Å². The van der Waals surface area contributed by atoms with Crippen LogP contribution in [0.4, 0.5) is 5.69 Å². The molecule has 1 aromatic rings. The number of aryl methyl sites for hydroxylation is 1. The summed E-state index contributed by atoms with van der Waals surface area (Å²) in [6, 6.07) is 6.14. The summed E-state index contributed by atoms with van der Waals surface area (Å²) in [6.07, 6.45) is 1.78.